The van der Waals surface area contributed by atoms with Crippen molar-refractivity contribution in [2.24, 2.45) is 5.92 Å². The number of halogens is 3. The standard InChI is InChI=1S/C15H18F3NO2/c16-15(17,18)11-6-7-13(19)12(8-11)14(20)21-9-10-4-2-1-3-5-10/h6-8,10H,1-5,9,19H2. The van der Waals surface area contributed by atoms with Crippen molar-refractivity contribution >= 4 is 11.7 Å². The molecule has 6 heteroatoms. The number of ether oxygens (including phenoxy) is 1. The summed E-state index contributed by atoms with van der Waals surface area (Å²) in [7, 11) is 0. The number of alkyl halides is 3. The Kier molecular flexibility index (Phi) is 4.75. The zero-order valence-corrected chi connectivity index (χ0v) is 11.6. The van der Waals surface area contributed by atoms with Crippen LogP contribution in [0, 0.1) is 5.92 Å². The largest absolute Gasteiger partial charge is 0.462 e. The summed E-state index contributed by atoms with van der Waals surface area (Å²) in [6.45, 7) is 0.245. The average molecular weight is 301 g/mol. The second-order valence-electron chi connectivity index (χ2n) is 5.40. The number of nitrogen functional groups attached to an aromatic ring is 1. The first-order valence-electron chi connectivity index (χ1n) is 7.02. The third kappa shape index (κ3) is 4.12. The Balaban J connectivity index is 2.04. The van der Waals surface area contributed by atoms with Crippen molar-refractivity contribution in [3.8, 4) is 0 Å². The van der Waals surface area contributed by atoms with Gasteiger partial charge in [-0.05, 0) is 37.0 Å². The second-order valence-corrected chi connectivity index (χ2v) is 5.40. The van der Waals surface area contributed by atoms with Crippen molar-refractivity contribution in [3.05, 3.63) is 29.3 Å². The van der Waals surface area contributed by atoms with Gasteiger partial charge in [0.1, 0.15) is 0 Å². The summed E-state index contributed by atoms with van der Waals surface area (Å²) in [6.07, 6.45) is 0.871. The van der Waals surface area contributed by atoms with Crippen LogP contribution < -0.4 is 5.73 Å². The molecule has 0 unspecified atom stereocenters. The molecule has 0 saturated heterocycles. The minimum absolute atomic E-state index is 0.00311. The van der Waals surface area contributed by atoms with Gasteiger partial charge in [-0.1, -0.05) is 19.3 Å². The van der Waals surface area contributed by atoms with Crippen molar-refractivity contribution in [1.82, 2.24) is 0 Å². The number of rotatable bonds is 3. The average Bonchev–Trinajstić information content (AvgIpc) is 2.45. The molecule has 1 aromatic carbocycles. The number of anilines is 1. The fourth-order valence-corrected chi connectivity index (χ4v) is 2.53. The predicted molar refractivity (Wildman–Crippen MR) is 72.7 cm³/mol. The fraction of sp³-hybridized carbons (Fsp3) is 0.533. The van der Waals surface area contributed by atoms with Crippen LogP contribution in [0.25, 0.3) is 0 Å². The third-order valence-electron chi connectivity index (χ3n) is 3.78. The zero-order valence-electron chi connectivity index (χ0n) is 11.6. The highest BCUT2D eigenvalue weighted by atomic mass is 19.4. The second kappa shape index (κ2) is 6.37. The van der Waals surface area contributed by atoms with Crippen LogP contribution in [-0.4, -0.2) is 12.6 Å². The first kappa shape index (κ1) is 15.7. The van der Waals surface area contributed by atoms with Gasteiger partial charge in [-0.3, -0.25) is 0 Å². The first-order valence-corrected chi connectivity index (χ1v) is 7.02. The number of esters is 1. The van der Waals surface area contributed by atoms with Gasteiger partial charge in [0, 0.05) is 5.69 Å². The smallest absolute Gasteiger partial charge is 0.416 e. The van der Waals surface area contributed by atoms with E-state index in [0.717, 1.165) is 43.9 Å². The van der Waals surface area contributed by atoms with E-state index in [4.69, 9.17) is 10.5 Å². The number of benzene rings is 1. The molecule has 3 nitrogen and oxygen atoms in total. The summed E-state index contributed by atoms with van der Waals surface area (Å²) in [5.41, 5.74) is 4.45. The molecule has 116 valence electrons. The van der Waals surface area contributed by atoms with Gasteiger partial charge in [0.05, 0.1) is 17.7 Å². The van der Waals surface area contributed by atoms with Crippen molar-refractivity contribution < 1.29 is 22.7 Å². The SMILES string of the molecule is Nc1ccc(C(F)(F)F)cc1C(=O)OCC1CCCCC1. The van der Waals surface area contributed by atoms with Crippen molar-refractivity contribution in [2.45, 2.75) is 38.3 Å². The number of hydrogen-bond acceptors (Lipinski definition) is 3. The van der Waals surface area contributed by atoms with Crippen LogP contribution >= 0.6 is 0 Å². The molecular weight excluding hydrogens is 283 g/mol. The summed E-state index contributed by atoms with van der Waals surface area (Å²) in [4.78, 5) is 11.9. The number of carbonyl (C=O) groups is 1. The summed E-state index contributed by atoms with van der Waals surface area (Å²) >= 11 is 0. The van der Waals surface area contributed by atoms with Crippen LogP contribution in [0.15, 0.2) is 18.2 Å². The zero-order chi connectivity index (χ0) is 15.5. The van der Waals surface area contributed by atoms with E-state index in [0.29, 0.717) is 5.92 Å². The van der Waals surface area contributed by atoms with E-state index in [-0.39, 0.29) is 17.9 Å². The Morgan fingerprint density at radius 3 is 2.52 bits per heavy atom. The van der Waals surface area contributed by atoms with E-state index in [1.807, 2.05) is 0 Å². The molecule has 0 bridgehead atoms. The third-order valence-corrected chi connectivity index (χ3v) is 3.78. The lowest BCUT2D eigenvalue weighted by atomic mass is 9.90. The summed E-state index contributed by atoms with van der Waals surface area (Å²) in [6, 6.07) is 2.69. The number of hydrogen-bond donors (Lipinski definition) is 1. The van der Waals surface area contributed by atoms with Gasteiger partial charge in [0.2, 0.25) is 0 Å². The Bertz CT molecular complexity index is 508. The lowest BCUT2D eigenvalue weighted by molar-refractivity contribution is -0.137. The molecule has 21 heavy (non-hydrogen) atoms. The lowest BCUT2D eigenvalue weighted by Gasteiger charge is -2.21. The van der Waals surface area contributed by atoms with E-state index in [2.05, 4.69) is 0 Å². The van der Waals surface area contributed by atoms with Gasteiger partial charge >= 0.3 is 12.1 Å². The topological polar surface area (TPSA) is 52.3 Å². The molecule has 1 aromatic rings. The molecule has 0 spiro atoms. The summed E-state index contributed by atoms with van der Waals surface area (Å²) in [5.74, 6) is -0.487. The monoisotopic (exact) mass is 301 g/mol. The molecule has 0 aromatic heterocycles. The van der Waals surface area contributed by atoms with Gasteiger partial charge in [-0.15, -0.1) is 0 Å². The summed E-state index contributed by atoms with van der Waals surface area (Å²) in [5, 5.41) is 0. The molecule has 2 N–H and O–H groups in total. The van der Waals surface area contributed by atoms with Crippen LogP contribution in [0.4, 0.5) is 18.9 Å². The quantitative estimate of drug-likeness (QED) is 0.677. The molecule has 1 aliphatic carbocycles. The number of nitrogens with two attached hydrogens (primary N) is 1. The minimum Gasteiger partial charge on any atom is -0.462 e. The molecule has 2 rings (SSSR count). The van der Waals surface area contributed by atoms with Crippen LogP contribution in [0.5, 0.6) is 0 Å². The molecule has 1 saturated carbocycles. The molecule has 1 aliphatic rings. The highest BCUT2D eigenvalue weighted by Gasteiger charge is 2.32. The Labute approximate surface area is 121 Å². The van der Waals surface area contributed by atoms with Crippen LogP contribution in [0.2, 0.25) is 0 Å². The number of carbonyl (C=O) groups excluding carboxylic acids is 1. The van der Waals surface area contributed by atoms with Crippen LogP contribution in [0.1, 0.15) is 48.0 Å². The Hall–Kier alpha value is -1.72. The molecule has 0 aliphatic heterocycles. The molecule has 1 fully saturated rings. The molecule has 0 amide bonds. The maximum absolute atomic E-state index is 12.6. The minimum atomic E-state index is -4.51. The van der Waals surface area contributed by atoms with Crippen LogP contribution in [-0.2, 0) is 10.9 Å². The first-order chi connectivity index (χ1) is 9.88. The molecule has 0 atom stereocenters. The van der Waals surface area contributed by atoms with Crippen molar-refractivity contribution in [2.75, 3.05) is 12.3 Å². The maximum Gasteiger partial charge on any atom is 0.416 e. The van der Waals surface area contributed by atoms with E-state index in [9.17, 15) is 18.0 Å². The highest BCUT2D eigenvalue weighted by molar-refractivity contribution is 5.95. The highest BCUT2D eigenvalue weighted by Crippen LogP contribution is 2.31. The normalized spacial score (nSPS) is 16.7. The molecule has 0 radical (unpaired) electrons. The van der Waals surface area contributed by atoms with Gasteiger partial charge in [0.15, 0.2) is 0 Å². The molecule has 0 heterocycles. The molecular formula is C15H18F3NO2. The van der Waals surface area contributed by atoms with E-state index < -0.39 is 17.7 Å². The maximum atomic E-state index is 12.6. The summed E-state index contributed by atoms with van der Waals surface area (Å²) < 4.78 is 43.1. The van der Waals surface area contributed by atoms with E-state index in [1.54, 1.807) is 0 Å². The Morgan fingerprint density at radius 1 is 1.24 bits per heavy atom. The van der Waals surface area contributed by atoms with Crippen molar-refractivity contribution in [3.63, 3.8) is 0 Å². The fourth-order valence-electron chi connectivity index (χ4n) is 2.53. The van der Waals surface area contributed by atoms with Gasteiger partial charge in [0.25, 0.3) is 0 Å². The van der Waals surface area contributed by atoms with E-state index >= 15 is 0 Å². The predicted octanol–water partition coefficient (Wildman–Crippen LogP) is 4.02. The van der Waals surface area contributed by atoms with Gasteiger partial charge < -0.3 is 10.5 Å². The van der Waals surface area contributed by atoms with Gasteiger partial charge in [-0.2, -0.15) is 13.2 Å². The van der Waals surface area contributed by atoms with E-state index in [1.165, 1.54) is 6.42 Å². The van der Waals surface area contributed by atoms with Crippen molar-refractivity contribution in [1.29, 1.82) is 0 Å². The van der Waals surface area contributed by atoms with Crippen LogP contribution in [0.3, 0.4) is 0 Å². The lowest BCUT2D eigenvalue weighted by Crippen LogP contribution is -2.18. The van der Waals surface area contributed by atoms with Gasteiger partial charge in [-0.25, -0.2) is 4.79 Å². The Morgan fingerprint density at radius 2 is 1.90 bits per heavy atom.